The molecule has 1 aromatic carbocycles. The highest BCUT2D eigenvalue weighted by Gasteiger charge is 2.32. The summed E-state index contributed by atoms with van der Waals surface area (Å²) in [7, 11) is 0. The second-order valence-corrected chi connectivity index (χ2v) is 4.66. The third kappa shape index (κ3) is 4.15. The van der Waals surface area contributed by atoms with Gasteiger partial charge in [-0.05, 0) is 39.0 Å². The molecular formula is C13H17F3N2O. The standard InChI is InChI=1S/C13H17F3N2O/c1-8(2)18(7-13(14,15)16)10-4-5-12(17)11(6-10)9(3)19/h4-6,8H,7,17H2,1-3H3. The number of alkyl halides is 3. The lowest BCUT2D eigenvalue weighted by Crippen LogP contribution is -2.39. The van der Waals surface area contributed by atoms with Crippen LogP contribution in [0.3, 0.4) is 0 Å². The van der Waals surface area contributed by atoms with Crippen molar-refractivity contribution in [3.8, 4) is 0 Å². The third-order valence-corrected chi connectivity index (χ3v) is 2.72. The molecule has 1 aromatic rings. The summed E-state index contributed by atoms with van der Waals surface area (Å²) in [5, 5.41) is 0. The molecule has 106 valence electrons. The number of hydrogen-bond donors (Lipinski definition) is 1. The fourth-order valence-corrected chi connectivity index (χ4v) is 1.79. The van der Waals surface area contributed by atoms with E-state index in [1.807, 2.05) is 0 Å². The fraction of sp³-hybridized carbons (Fsp3) is 0.462. The van der Waals surface area contributed by atoms with Crippen LogP contribution in [0.15, 0.2) is 18.2 Å². The molecule has 0 aromatic heterocycles. The predicted octanol–water partition coefficient (Wildman–Crippen LogP) is 3.25. The summed E-state index contributed by atoms with van der Waals surface area (Å²) in [4.78, 5) is 12.6. The van der Waals surface area contributed by atoms with Crippen molar-refractivity contribution in [1.29, 1.82) is 0 Å². The van der Waals surface area contributed by atoms with Crippen molar-refractivity contribution in [1.82, 2.24) is 0 Å². The maximum Gasteiger partial charge on any atom is 0.405 e. The predicted molar refractivity (Wildman–Crippen MR) is 69.4 cm³/mol. The average Bonchev–Trinajstić information content (AvgIpc) is 2.25. The summed E-state index contributed by atoms with van der Waals surface area (Å²) < 4.78 is 37.7. The average molecular weight is 274 g/mol. The minimum atomic E-state index is -4.30. The van der Waals surface area contributed by atoms with E-state index in [1.165, 1.54) is 30.0 Å². The smallest absolute Gasteiger partial charge is 0.398 e. The van der Waals surface area contributed by atoms with Crippen LogP contribution in [0.5, 0.6) is 0 Å². The zero-order valence-corrected chi connectivity index (χ0v) is 11.1. The van der Waals surface area contributed by atoms with Gasteiger partial charge < -0.3 is 10.6 Å². The number of carbonyl (C=O) groups excluding carboxylic acids is 1. The molecule has 0 aliphatic carbocycles. The number of nitrogen functional groups attached to an aromatic ring is 1. The number of anilines is 2. The summed E-state index contributed by atoms with van der Waals surface area (Å²) >= 11 is 0. The number of rotatable bonds is 4. The van der Waals surface area contributed by atoms with Gasteiger partial charge in [-0.25, -0.2) is 0 Å². The quantitative estimate of drug-likeness (QED) is 0.677. The van der Waals surface area contributed by atoms with Gasteiger partial charge >= 0.3 is 6.18 Å². The highest BCUT2D eigenvalue weighted by Crippen LogP contribution is 2.27. The van der Waals surface area contributed by atoms with Gasteiger partial charge in [-0.2, -0.15) is 13.2 Å². The van der Waals surface area contributed by atoms with Gasteiger partial charge in [-0.15, -0.1) is 0 Å². The van der Waals surface area contributed by atoms with E-state index in [0.717, 1.165) is 0 Å². The number of halogens is 3. The zero-order chi connectivity index (χ0) is 14.8. The van der Waals surface area contributed by atoms with Crippen LogP contribution in [0.2, 0.25) is 0 Å². The molecule has 0 bridgehead atoms. The van der Waals surface area contributed by atoms with Crippen LogP contribution in [0.1, 0.15) is 31.1 Å². The molecule has 0 amide bonds. The van der Waals surface area contributed by atoms with Crippen molar-refractivity contribution in [3.63, 3.8) is 0 Å². The maximum atomic E-state index is 12.6. The van der Waals surface area contributed by atoms with Crippen LogP contribution in [0.25, 0.3) is 0 Å². The van der Waals surface area contributed by atoms with Gasteiger partial charge in [0, 0.05) is 23.0 Å². The molecule has 19 heavy (non-hydrogen) atoms. The molecule has 0 spiro atoms. The van der Waals surface area contributed by atoms with Gasteiger partial charge in [0.15, 0.2) is 5.78 Å². The Morgan fingerprint density at radius 1 is 1.37 bits per heavy atom. The highest BCUT2D eigenvalue weighted by atomic mass is 19.4. The van der Waals surface area contributed by atoms with E-state index in [-0.39, 0.29) is 23.1 Å². The van der Waals surface area contributed by atoms with E-state index in [2.05, 4.69) is 0 Å². The summed E-state index contributed by atoms with van der Waals surface area (Å²) in [5.74, 6) is -0.268. The summed E-state index contributed by atoms with van der Waals surface area (Å²) in [6.45, 7) is 3.59. The molecule has 3 nitrogen and oxygen atoms in total. The van der Waals surface area contributed by atoms with Crippen molar-refractivity contribution < 1.29 is 18.0 Å². The van der Waals surface area contributed by atoms with E-state index in [4.69, 9.17) is 5.73 Å². The first kappa shape index (κ1) is 15.3. The van der Waals surface area contributed by atoms with E-state index >= 15 is 0 Å². The van der Waals surface area contributed by atoms with Gasteiger partial charge in [-0.3, -0.25) is 4.79 Å². The first-order chi connectivity index (χ1) is 8.61. The number of carbonyl (C=O) groups is 1. The largest absolute Gasteiger partial charge is 0.405 e. The number of benzene rings is 1. The van der Waals surface area contributed by atoms with Crippen molar-refractivity contribution in [3.05, 3.63) is 23.8 Å². The number of hydrogen-bond acceptors (Lipinski definition) is 3. The Labute approximate surface area is 110 Å². The normalized spacial score (nSPS) is 11.7. The van der Waals surface area contributed by atoms with Crippen LogP contribution < -0.4 is 10.6 Å². The van der Waals surface area contributed by atoms with Crippen LogP contribution in [0.4, 0.5) is 24.5 Å². The second kappa shape index (κ2) is 5.50. The Kier molecular flexibility index (Phi) is 4.44. The number of Topliss-reactive ketones (excluding diaryl/α,β-unsaturated/α-hetero) is 1. The van der Waals surface area contributed by atoms with Gasteiger partial charge in [0.05, 0.1) is 0 Å². The summed E-state index contributed by atoms with van der Waals surface area (Å²) in [5.41, 5.74) is 6.48. The molecule has 1 rings (SSSR count). The molecule has 0 heterocycles. The Hall–Kier alpha value is -1.72. The van der Waals surface area contributed by atoms with Crippen molar-refractivity contribution in [2.24, 2.45) is 0 Å². The lowest BCUT2D eigenvalue weighted by Gasteiger charge is -2.30. The molecule has 6 heteroatoms. The van der Waals surface area contributed by atoms with Crippen molar-refractivity contribution >= 4 is 17.2 Å². The van der Waals surface area contributed by atoms with Crippen molar-refractivity contribution in [2.75, 3.05) is 17.2 Å². The Morgan fingerprint density at radius 3 is 2.37 bits per heavy atom. The van der Waals surface area contributed by atoms with E-state index in [0.29, 0.717) is 5.69 Å². The molecule has 0 radical (unpaired) electrons. The summed E-state index contributed by atoms with van der Waals surface area (Å²) in [6, 6.07) is 4.01. The lowest BCUT2D eigenvalue weighted by molar-refractivity contribution is -0.120. The van der Waals surface area contributed by atoms with Crippen LogP contribution in [0, 0.1) is 0 Å². The molecule has 0 saturated carbocycles. The lowest BCUT2D eigenvalue weighted by atomic mass is 10.1. The van der Waals surface area contributed by atoms with Gasteiger partial charge in [-0.1, -0.05) is 0 Å². The first-order valence-corrected chi connectivity index (χ1v) is 5.85. The Bertz CT molecular complexity index is 469. The number of nitrogens with zero attached hydrogens (tertiary/aromatic N) is 1. The van der Waals surface area contributed by atoms with Gasteiger partial charge in [0.2, 0.25) is 0 Å². The number of nitrogens with two attached hydrogens (primary N) is 1. The minimum absolute atomic E-state index is 0.241. The van der Waals surface area contributed by atoms with Gasteiger partial charge in [0.25, 0.3) is 0 Å². The van der Waals surface area contributed by atoms with Crippen LogP contribution in [-0.2, 0) is 0 Å². The molecule has 0 aliphatic rings. The Morgan fingerprint density at radius 2 is 1.95 bits per heavy atom. The monoisotopic (exact) mass is 274 g/mol. The van der Waals surface area contributed by atoms with Crippen molar-refractivity contribution in [2.45, 2.75) is 33.0 Å². The molecule has 0 unspecified atom stereocenters. The van der Waals surface area contributed by atoms with E-state index in [9.17, 15) is 18.0 Å². The number of ketones is 1. The van der Waals surface area contributed by atoms with Crippen LogP contribution in [-0.4, -0.2) is 24.5 Å². The summed E-state index contributed by atoms with van der Waals surface area (Å²) in [6.07, 6.45) is -4.30. The fourth-order valence-electron chi connectivity index (χ4n) is 1.79. The zero-order valence-electron chi connectivity index (χ0n) is 11.1. The second-order valence-electron chi connectivity index (χ2n) is 4.66. The molecular weight excluding hydrogens is 257 g/mol. The van der Waals surface area contributed by atoms with Gasteiger partial charge in [0.1, 0.15) is 6.54 Å². The van der Waals surface area contributed by atoms with E-state index in [1.54, 1.807) is 13.8 Å². The molecule has 0 saturated heterocycles. The van der Waals surface area contributed by atoms with Crippen LogP contribution >= 0.6 is 0 Å². The first-order valence-electron chi connectivity index (χ1n) is 5.85. The molecule has 0 aliphatic heterocycles. The SMILES string of the molecule is CC(=O)c1cc(N(CC(F)(F)F)C(C)C)ccc1N. The maximum absolute atomic E-state index is 12.6. The highest BCUT2D eigenvalue weighted by molar-refractivity contribution is 6.00. The minimum Gasteiger partial charge on any atom is -0.398 e. The molecule has 0 fully saturated rings. The molecule has 0 atom stereocenters. The third-order valence-electron chi connectivity index (χ3n) is 2.72. The van der Waals surface area contributed by atoms with E-state index < -0.39 is 12.7 Å². The topological polar surface area (TPSA) is 46.3 Å². The molecule has 2 N–H and O–H groups in total. The Balaban J connectivity index is 3.17.